The first-order valence-electron chi connectivity index (χ1n) is 9.08. The summed E-state index contributed by atoms with van der Waals surface area (Å²) < 4.78 is 1.73. The predicted molar refractivity (Wildman–Crippen MR) is 90.6 cm³/mol. The molecule has 4 rings (SSSR count). The van der Waals surface area contributed by atoms with E-state index in [1.165, 1.54) is 25.7 Å². The summed E-state index contributed by atoms with van der Waals surface area (Å²) in [6, 6.07) is 1.97. The largest absolute Gasteiger partial charge is 0.342 e. The monoisotopic (exact) mass is 327 g/mol. The Hall–Kier alpha value is -1.98. The topological polar surface area (TPSA) is 63.4 Å². The highest BCUT2D eigenvalue weighted by Crippen LogP contribution is 2.36. The van der Waals surface area contributed by atoms with E-state index in [4.69, 9.17) is 0 Å². The number of rotatable bonds is 2. The molecule has 2 fully saturated rings. The Kier molecular flexibility index (Phi) is 3.98. The average Bonchev–Trinajstić information content (AvgIpc) is 2.97. The lowest BCUT2D eigenvalue weighted by Gasteiger charge is -2.41. The molecule has 2 unspecified atom stereocenters. The van der Waals surface area contributed by atoms with Crippen molar-refractivity contribution < 1.29 is 4.79 Å². The molecule has 2 aromatic heterocycles. The number of carbonyl (C=O) groups is 1. The van der Waals surface area contributed by atoms with Crippen molar-refractivity contribution in [1.29, 1.82) is 0 Å². The Morgan fingerprint density at radius 1 is 1.17 bits per heavy atom. The van der Waals surface area contributed by atoms with Crippen molar-refractivity contribution in [2.24, 2.45) is 11.8 Å². The third-order valence-corrected chi connectivity index (χ3v) is 5.62. The third-order valence-electron chi connectivity index (χ3n) is 5.62. The van der Waals surface area contributed by atoms with Gasteiger partial charge in [-0.2, -0.15) is 4.98 Å². The van der Waals surface area contributed by atoms with Crippen molar-refractivity contribution in [2.45, 2.75) is 52.4 Å². The number of aromatic nitrogens is 4. The normalized spacial score (nSPS) is 24.2. The average molecular weight is 327 g/mol. The van der Waals surface area contributed by atoms with E-state index < -0.39 is 0 Å². The summed E-state index contributed by atoms with van der Waals surface area (Å²) in [6.07, 6.45) is 6.76. The summed E-state index contributed by atoms with van der Waals surface area (Å²) in [5.74, 6) is 2.86. The van der Waals surface area contributed by atoms with Crippen molar-refractivity contribution in [3.8, 4) is 0 Å². The Labute approximate surface area is 142 Å². The summed E-state index contributed by atoms with van der Waals surface area (Å²) in [7, 11) is 0. The van der Waals surface area contributed by atoms with Crippen LogP contribution in [0.3, 0.4) is 0 Å². The minimum absolute atomic E-state index is 0.157. The van der Waals surface area contributed by atoms with Gasteiger partial charge in [0.15, 0.2) is 5.82 Å². The second kappa shape index (κ2) is 6.15. The maximum absolute atomic E-state index is 12.7. The number of likely N-dealkylation sites (tertiary alicyclic amines) is 1. The van der Waals surface area contributed by atoms with Gasteiger partial charge in [0.05, 0.1) is 6.42 Å². The Morgan fingerprint density at radius 2 is 1.96 bits per heavy atom. The molecule has 1 amide bonds. The summed E-state index contributed by atoms with van der Waals surface area (Å²) in [5.41, 5.74) is 1.91. The lowest BCUT2D eigenvalue weighted by Crippen LogP contribution is -2.45. The molecule has 0 spiro atoms. The van der Waals surface area contributed by atoms with Gasteiger partial charge in [-0.05, 0) is 44.6 Å². The second-order valence-corrected chi connectivity index (χ2v) is 7.39. The van der Waals surface area contributed by atoms with E-state index in [9.17, 15) is 4.79 Å². The number of nitrogens with zero attached hydrogens (tertiary/aromatic N) is 5. The molecule has 3 heterocycles. The Bertz CT molecular complexity index is 768. The fourth-order valence-electron chi connectivity index (χ4n) is 4.36. The van der Waals surface area contributed by atoms with Crippen LogP contribution in [0.25, 0.3) is 5.78 Å². The minimum Gasteiger partial charge on any atom is -0.342 e. The molecule has 1 aliphatic heterocycles. The van der Waals surface area contributed by atoms with Gasteiger partial charge in [-0.15, -0.1) is 5.10 Å². The number of hydrogen-bond acceptors (Lipinski definition) is 4. The van der Waals surface area contributed by atoms with E-state index in [-0.39, 0.29) is 12.3 Å². The van der Waals surface area contributed by atoms with Crippen molar-refractivity contribution in [2.75, 3.05) is 13.1 Å². The van der Waals surface area contributed by atoms with Gasteiger partial charge in [0.1, 0.15) is 0 Å². The summed E-state index contributed by atoms with van der Waals surface area (Å²) in [4.78, 5) is 23.6. The molecule has 128 valence electrons. The maximum atomic E-state index is 12.7. The Morgan fingerprint density at radius 3 is 2.79 bits per heavy atom. The van der Waals surface area contributed by atoms with E-state index in [1.54, 1.807) is 4.52 Å². The van der Waals surface area contributed by atoms with Crippen LogP contribution in [0.4, 0.5) is 0 Å². The van der Waals surface area contributed by atoms with Gasteiger partial charge in [-0.1, -0.05) is 19.3 Å². The highest BCUT2D eigenvalue weighted by molar-refractivity contribution is 5.78. The molecular weight excluding hydrogens is 302 g/mol. The molecule has 6 nitrogen and oxygen atoms in total. The van der Waals surface area contributed by atoms with Crippen LogP contribution in [-0.4, -0.2) is 43.5 Å². The van der Waals surface area contributed by atoms with Crippen LogP contribution in [0.1, 0.15) is 49.3 Å². The van der Waals surface area contributed by atoms with E-state index in [2.05, 4.69) is 15.1 Å². The number of amides is 1. The lowest BCUT2D eigenvalue weighted by molar-refractivity contribution is -0.133. The van der Waals surface area contributed by atoms with Crippen LogP contribution in [0, 0.1) is 25.7 Å². The molecule has 0 N–H and O–H groups in total. The molecule has 2 atom stereocenters. The zero-order valence-electron chi connectivity index (χ0n) is 14.5. The predicted octanol–water partition coefficient (Wildman–Crippen LogP) is 2.32. The van der Waals surface area contributed by atoms with E-state index in [0.29, 0.717) is 17.5 Å². The molecule has 24 heavy (non-hydrogen) atoms. The lowest BCUT2D eigenvalue weighted by atomic mass is 9.75. The van der Waals surface area contributed by atoms with Crippen LogP contribution in [-0.2, 0) is 11.2 Å². The van der Waals surface area contributed by atoms with Crippen molar-refractivity contribution in [3.63, 3.8) is 0 Å². The SMILES string of the molecule is Cc1cc(C)n2nc(CC(=O)N3CCC4CCCCC4C3)nc2n1. The van der Waals surface area contributed by atoms with E-state index in [1.807, 2.05) is 24.8 Å². The van der Waals surface area contributed by atoms with Crippen LogP contribution in [0.5, 0.6) is 0 Å². The summed E-state index contributed by atoms with van der Waals surface area (Å²) >= 11 is 0. The zero-order valence-corrected chi connectivity index (χ0v) is 14.5. The molecule has 0 bridgehead atoms. The molecule has 1 saturated heterocycles. The first-order chi connectivity index (χ1) is 11.6. The molecule has 0 aromatic carbocycles. The van der Waals surface area contributed by atoms with Crippen LogP contribution in [0.15, 0.2) is 6.07 Å². The standard InChI is InChI=1S/C18H25N5O/c1-12-9-13(2)23-18(19-12)20-16(21-23)10-17(24)22-8-7-14-5-3-4-6-15(14)11-22/h9,14-15H,3-8,10-11H2,1-2H3. The number of piperidine rings is 1. The van der Waals surface area contributed by atoms with E-state index >= 15 is 0 Å². The first kappa shape index (κ1) is 15.5. The maximum Gasteiger partial charge on any atom is 0.252 e. The van der Waals surface area contributed by atoms with Gasteiger partial charge >= 0.3 is 0 Å². The van der Waals surface area contributed by atoms with Crippen molar-refractivity contribution in [3.05, 3.63) is 23.3 Å². The molecular formula is C18H25N5O. The molecule has 6 heteroatoms. The summed E-state index contributed by atoms with van der Waals surface area (Å²) in [6.45, 7) is 5.74. The zero-order chi connectivity index (χ0) is 16.7. The highest BCUT2D eigenvalue weighted by atomic mass is 16.2. The number of aryl methyl sites for hydroxylation is 2. The van der Waals surface area contributed by atoms with Crippen molar-refractivity contribution in [1.82, 2.24) is 24.5 Å². The van der Waals surface area contributed by atoms with Crippen LogP contribution < -0.4 is 0 Å². The van der Waals surface area contributed by atoms with Gasteiger partial charge < -0.3 is 4.90 Å². The number of hydrogen-bond donors (Lipinski definition) is 0. The van der Waals surface area contributed by atoms with E-state index in [0.717, 1.165) is 36.8 Å². The molecule has 0 radical (unpaired) electrons. The molecule has 1 saturated carbocycles. The molecule has 2 aromatic rings. The van der Waals surface area contributed by atoms with Crippen molar-refractivity contribution >= 4 is 11.7 Å². The van der Waals surface area contributed by atoms with Crippen LogP contribution in [0.2, 0.25) is 0 Å². The highest BCUT2D eigenvalue weighted by Gasteiger charge is 2.33. The molecule has 2 aliphatic rings. The number of carbonyl (C=O) groups excluding carboxylic acids is 1. The first-order valence-corrected chi connectivity index (χ1v) is 9.08. The minimum atomic E-state index is 0.157. The molecule has 1 aliphatic carbocycles. The second-order valence-electron chi connectivity index (χ2n) is 7.39. The van der Waals surface area contributed by atoms with Crippen LogP contribution >= 0.6 is 0 Å². The summed E-state index contributed by atoms with van der Waals surface area (Å²) in [5, 5.41) is 4.47. The van der Waals surface area contributed by atoms with Gasteiger partial charge in [-0.25, -0.2) is 9.50 Å². The fraction of sp³-hybridized carbons (Fsp3) is 0.667. The van der Waals surface area contributed by atoms with Gasteiger partial charge in [0.25, 0.3) is 5.78 Å². The van der Waals surface area contributed by atoms with Gasteiger partial charge in [0, 0.05) is 24.5 Å². The van der Waals surface area contributed by atoms with Gasteiger partial charge in [0.2, 0.25) is 5.91 Å². The quantitative estimate of drug-likeness (QED) is 0.849. The Balaban J connectivity index is 1.47. The third kappa shape index (κ3) is 2.89. The number of fused-ring (bicyclic) bond motifs is 2. The van der Waals surface area contributed by atoms with Gasteiger partial charge in [-0.3, -0.25) is 4.79 Å². The smallest absolute Gasteiger partial charge is 0.252 e. The fourth-order valence-corrected chi connectivity index (χ4v) is 4.36.